The zero-order valence-electron chi connectivity index (χ0n) is 15.4. The summed E-state index contributed by atoms with van der Waals surface area (Å²) in [6.45, 7) is 9.17. The summed E-state index contributed by atoms with van der Waals surface area (Å²) >= 11 is 0. The highest BCUT2D eigenvalue weighted by Gasteiger charge is 2.14. The molecule has 0 aliphatic rings. The van der Waals surface area contributed by atoms with Crippen LogP contribution in [0.15, 0.2) is 35.9 Å². The van der Waals surface area contributed by atoms with E-state index in [0.717, 1.165) is 47.6 Å². The molecule has 0 bridgehead atoms. The van der Waals surface area contributed by atoms with Crippen LogP contribution in [0.25, 0.3) is 6.08 Å². The summed E-state index contributed by atoms with van der Waals surface area (Å²) in [7, 11) is 0. The van der Waals surface area contributed by atoms with Crippen LogP contribution in [0.1, 0.15) is 42.8 Å². The van der Waals surface area contributed by atoms with Crippen LogP contribution in [0.5, 0.6) is 0 Å². The van der Waals surface area contributed by atoms with Crippen LogP contribution in [0, 0.1) is 25.2 Å². The standard InChI is InChI=1S/C21H25N3O/c1-5-11-24-15(3)12-18(16(24)4)13-19(14-22)21(25)23-20-10-8-7-9-17(20)6-2/h7-10,12-13H,5-6,11H2,1-4H3,(H,23,25). The Bertz CT molecular complexity index is 837. The van der Waals surface area contributed by atoms with Crippen molar-refractivity contribution in [3.8, 4) is 6.07 Å². The predicted molar refractivity (Wildman–Crippen MR) is 102 cm³/mol. The molecule has 0 spiro atoms. The lowest BCUT2D eigenvalue weighted by Gasteiger charge is -2.09. The summed E-state index contributed by atoms with van der Waals surface area (Å²) in [6.07, 6.45) is 3.54. The maximum Gasteiger partial charge on any atom is 0.266 e. The second-order valence-corrected chi connectivity index (χ2v) is 6.11. The van der Waals surface area contributed by atoms with Crippen molar-refractivity contribution >= 4 is 17.7 Å². The monoisotopic (exact) mass is 335 g/mol. The van der Waals surface area contributed by atoms with Crippen molar-refractivity contribution in [3.05, 3.63) is 58.4 Å². The topological polar surface area (TPSA) is 57.8 Å². The van der Waals surface area contributed by atoms with Gasteiger partial charge < -0.3 is 9.88 Å². The molecule has 1 heterocycles. The molecule has 0 saturated heterocycles. The van der Waals surface area contributed by atoms with Crippen LogP contribution in [-0.4, -0.2) is 10.5 Å². The van der Waals surface area contributed by atoms with Gasteiger partial charge in [0.2, 0.25) is 0 Å². The lowest BCUT2D eigenvalue weighted by molar-refractivity contribution is -0.112. The highest BCUT2D eigenvalue weighted by Crippen LogP contribution is 2.20. The van der Waals surface area contributed by atoms with Gasteiger partial charge in [0.15, 0.2) is 0 Å². The minimum absolute atomic E-state index is 0.114. The molecule has 4 heteroatoms. The van der Waals surface area contributed by atoms with E-state index < -0.39 is 0 Å². The molecule has 0 saturated carbocycles. The average molecular weight is 335 g/mol. The number of hydrogen-bond acceptors (Lipinski definition) is 2. The lowest BCUT2D eigenvalue weighted by Crippen LogP contribution is -2.14. The third-order valence-corrected chi connectivity index (χ3v) is 4.37. The number of nitriles is 1. The molecule has 0 aliphatic heterocycles. The van der Waals surface area contributed by atoms with Crippen molar-refractivity contribution in [3.63, 3.8) is 0 Å². The Labute approximate surface area is 149 Å². The highest BCUT2D eigenvalue weighted by atomic mass is 16.1. The van der Waals surface area contributed by atoms with E-state index in [4.69, 9.17) is 0 Å². The zero-order valence-corrected chi connectivity index (χ0v) is 15.4. The number of rotatable bonds is 6. The van der Waals surface area contributed by atoms with E-state index in [0.29, 0.717) is 0 Å². The van der Waals surface area contributed by atoms with Crippen LogP contribution in [0.2, 0.25) is 0 Å². The summed E-state index contributed by atoms with van der Waals surface area (Å²) < 4.78 is 2.21. The Kier molecular flexibility index (Phi) is 6.19. The molecule has 0 radical (unpaired) electrons. The molecule has 1 amide bonds. The van der Waals surface area contributed by atoms with E-state index >= 15 is 0 Å². The van der Waals surface area contributed by atoms with Gasteiger partial charge in [0.1, 0.15) is 11.6 Å². The van der Waals surface area contributed by atoms with E-state index in [-0.39, 0.29) is 11.5 Å². The van der Waals surface area contributed by atoms with Gasteiger partial charge >= 0.3 is 0 Å². The molecule has 0 fully saturated rings. The van der Waals surface area contributed by atoms with Crippen molar-refractivity contribution in [1.29, 1.82) is 5.26 Å². The van der Waals surface area contributed by atoms with Crippen LogP contribution in [-0.2, 0) is 17.8 Å². The van der Waals surface area contributed by atoms with Gasteiger partial charge in [-0.05, 0) is 56.0 Å². The number of nitrogens with one attached hydrogen (secondary N) is 1. The smallest absolute Gasteiger partial charge is 0.266 e. The number of amides is 1. The maximum absolute atomic E-state index is 12.5. The van der Waals surface area contributed by atoms with Crippen molar-refractivity contribution in [2.24, 2.45) is 0 Å². The second kappa shape index (κ2) is 8.34. The molecule has 1 aromatic heterocycles. The highest BCUT2D eigenvalue weighted by molar-refractivity contribution is 6.10. The number of para-hydroxylation sites is 1. The van der Waals surface area contributed by atoms with Crippen LogP contribution in [0.3, 0.4) is 0 Å². The predicted octanol–water partition coefficient (Wildman–Crippen LogP) is 4.62. The first kappa shape index (κ1) is 18.5. The fourth-order valence-corrected chi connectivity index (χ4v) is 2.99. The van der Waals surface area contributed by atoms with Crippen molar-refractivity contribution < 1.29 is 4.79 Å². The van der Waals surface area contributed by atoms with Gasteiger partial charge in [0.25, 0.3) is 5.91 Å². The summed E-state index contributed by atoms with van der Waals surface area (Å²) in [5, 5.41) is 12.3. The molecule has 2 aromatic rings. The normalized spacial score (nSPS) is 11.2. The Morgan fingerprint density at radius 1 is 1.28 bits per heavy atom. The first-order valence-electron chi connectivity index (χ1n) is 8.69. The summed E-state index contributed by atoms with van der Waals surface area (Å²) in [5.41, 5.74) is 5.06. The number of aromatic nitrogens is 1. The first-order valence-corrected chi connectivity index (χ1v) is 8.69. The number of nitrogens with zero attached hydrogens (tertiary/aromatic N) is 2. The lowest BCUT2D eigenvalue weighted by atomic mass is 10.1. The number of carbonyl (C=O) groups excluding carboxylic acids is 1. The van der Waals surface area contributed by atoms with E-state index in [2.05, 4.69) is 16.8 Å². The number of hydrogen-bond donors (Lipinski definition) is 1. The minimum Gasteiger partial charge on any atom is -0.349 e. The summed E-state index contributed by atoms with van der Waals surface area (Å²) in [6, 6.07) is 11.7. The SMILES string of the molecule is CCCn1c(C)cc(C=C(C#N)C(=O)Nc2ccccc2CC)c1C. The Morgan fingerprint density at radius 2 is 2.00 bits per heavy atom. The van der Waals surface area contributed by atoms with E-state index in [1.54, 1.807) is 6.08 Å². The van der Waals surface area contributed by atoms with E-state index in [9.17, 15) is 10.1 Å². The average Bonchev–Trinajstić information content (AvgIpc) is 2.87. The van der Waals surface area contributed by atoms with Crippen LogP contribution < -0.4 is 5.32 Å². The molecule has 25 heavy (non-hydrogen) atoms. The molecule has 0 unspecified atom stereocenters. The fraction of sp³-hybridized carbons (Fsp3) is 0.333. The van der Waals surface area contributed by atoms with Gasteiger partial charge in [-0.25, -0.2) is 0 Å². The minimum atomic E-state index is -0.372. The quantitative estimate of drug-likeness (QED) is 0.618. The zero-order chi connectivity index (χ0) is 18.4. The number of carbonyl (C=O) groups is 1. The third kappa shape index (κ3) is 4.19. The summed E-state index contributed by atoms with van der Waals surface area (Å²) in [5.74, 6) is -0.372. The maximum atomic E-state index is 12.5. The largest absolute Gasteiger partial charge is 0.349 e. The van der Waals surface area contributed by atoms with Crippen molar-refractivity contribution in [2.45, 2.75) is 47.1 Å². The Balaban J connectivity index is 2.30. The van der Waals surface area contributed by atoms with Crippen LogP contribution >= 0.6 is 0 Å². The second-order valence-electron chi connectivity index (χ2n) is 6.11. The van der Waals surface area contributed by atoms with Gasteiger partial charge in [-0.2, -0.15) is 5.26 Å². The molecular weight excluding hydrogens is 310 g/mol. The number of anilines is 1. The molecule has 1 N–H and O–H groups in total. The van der Waals surface area contributed by atoms with Gasteiger partial charge in [-0.15, -0.1) is 0 Å². The number of aryl methyl sites for hydroxylation is 2. The van der Waals surface area contributed by atoms with Crippen molar-refractivity contribution in [1.82, 2.24) is 4.57 Å². The van der Waals surface area contributed by atoms with Gasteiger partial charge in [-0.1, -0.05) is 32.0 Å². The molecular formula is C21H25N3O. The van der Waals surface area contributed by atoms with Gasteiger partial charge in [0.05, 0.1) is 0 Å². The van der Waals surface area contributed by atoms with Gasteiger partial charge in [0, 0.05) is 23.6 Å². The van der Waals surface area contributed by atoms with Crippen molar-refractivity contribution in [2.75, 3.05) is 5.32 Å². The number of benzene rings is 1. The third-order valence-electron chi connectivity index (χ3n) is 4.37. The van der Waals surface area contributed by atoms with Gasteiger partial charge in [-0.3, -0.25) is 4.79 Å². The first-order chi connectivity index (χ1) is 12.0. The van der Waals surface area contributed by atoms with E-state index in [1.165, 1.54) is 0 Å². The molecule has 4 nitrogen and oxygen atoms in total. The molecule has 1 aromatic carbocycles. The van der Waals surface area contributed by atoms with E-state index in [1.807, 2.05) is 57.2 Å². The molecule has 0 atom stereocenters. The summed E-state index contributed by atoms with van der Waals surface area (Å²) in [4.78, 5) is 12.5. The Morgan fingerprint density at radius 3 is 2.64 bits per heavy atom. The Hall–Kier alpha value is -2.80. The molecule has 130 valence electrons. The molecule has 0 aliphatic carbocycles. The molecule has 2 rings (SSSR count). The fourth-order valence-electron chi connectivity index (χ4n) is 2.99. The van der Waals surface area contributed by atoms with Crippen LogP contribution in [0.4, 0.5) is 5.69 Å².